The molecule has 2 atom stereocenters. The van der Waals surface area contributed by atoms with E-state index in [1.807, 2.05) is 27.7 Å². The third kappa shape index (κ3) is 4.49. The van der Waals surface area contributed by atoms with E-state index < -0.39 is 6.04 Å². The van der Waals surface area contributed by atoms with Gasteiger partial charge < -0.3 is 15.0 Å². The third-order valence-electron chi connectivity index (χ3n) is 3.12. The van der Waals surface area contributed by atoms with Gasteiger partial charge in [-0.3, -0.25) is 9.59 Å². The number of nitrogens with zero attached hydrogens (tertiary/aromatic N) is 1. The Morgan fingerprint density at radius 3 is 2.47 bits per heavy atom. The molecule has 0 radical (unpaired) electrons. The number of nitrogens with one attached hydrogen (secondary N) is 1. The van der Waals surface area contributed by atoms with E-state index in [-0.39, 0.29) is 23.5 Å². The van der Waals surface area contributed by atoms with Gasteiger partial charge in [0.05, 0.1) is 12.2 Å². The molecule has 1 aliphatic rings. The second-order valence-electron chi connectivity index (χ2n) is 6.03. The molecule has 1 rings (SSSR count). The highest BCUT2D eigenvalue weighted by Gasteiger charge is 2.37. The average molecular weight is 270 g/mol. The SMILES string of the molecule is CCCC1C(=O)NC(C)C(=O)N1CCOC(C)(C)C. The summed E-state index contributed by atoms with van der Waals surface area (Å²) < 4.78 is 5.65. The van der Waals surface area contributed by atoms with Crippen LogP contribution in [0.3, 0.4) is 0 Å². The molecule has 5 nitrogen and oxygen atoms in total. The Hall–Kier alpha value is -1.10. The van der Waals surface area contributed by atoms with Crippen molar-refractivity contribution in [2.45, 2.75) is 65.1 Å². The Labute approximate surface area is 115 Å². The lowest BCUT2D eigenvalue weighted by Crippen LogP contribution is -2.62. The predicted octanol–water partition coefficient (Wildman–Crippen LogP) is 1.32. The van der Waals surface area contributed by atoms with Crippen molar-refractivity contribution < 1.29 is 14.3 Å². The minimum Gasteiger partial charge on any atom is -0.374 e. The molecular weight excluding hydrogens is 244 g/mol. The fourth-order valence-corrected chi connectivity index (χ4v) is 2.19. The van der Waals surface area contributed by atoms with Gasteiger partial charge >= 0.3 is 0 Å². The summed E-state index contributed by atoms with van der Waals surface area (Å²) in [5.74, 6) is -0.0692. The standard InChI is InChI=1S/C14H26N2O3/c1-6-7-11-12(17)15-10(2)13(18)16(11)8-9-19-14(3,4)5/h10-11H,6-9H2,1-5H3,(H,15,17). The van der Waals surface area contributed by atoms with Crippen LogP contribution in [0.2, 0.25) is 0 Å². The summed E-state index contributed by atoms with van der Waals surface area (Å²) in [4.78, 5) is 25.8. The van der Waals surface area contributed by atoms with Gasteiger partial charge in [0, 0.05) is 6.54 Å². The van der Waals surface area contributed by atoms with Gasteiger partial charge in [0.2, 0.25) is 11.8 Å². The van der Waals surface area contributed by atoms with Gasteiger partial charge in [-0.1, -0.05) is 13.3 Å². The van der Waals surface area contributed by atoms with Gasteiger partial charge in [-0.2, -0.15) is 0 Å². The zero-order valence-electron chi connectivity index (χ0n) is 12.7. The van der Waals surface area contributed by atoms with E-state index in [4.69, 9.17) is 4.74 Å². The van der Waals surface area contributed by atoms with E-state index in [1.165, 1.54) is 0 Å². The maximum atomic E-state index is 12.2. The summed E-state index contributed by atoms with van der Waals surface area (Å²) in [5, 5.41) is 2.73. The monoisotopic (exact) mass is 270 g/mol. The predicted molar refractivity (Wildman–Crippen MR) is 73.7 cm³/mol. The maximum absolute atomic E-state index is 12.2. The van der Waals surface area contributed by atoms with Crippen LogP contribution in [0.4, 0.5) is 0 Å². The Morgan fingerprint density at radius 1 is 1.32 bits per heavy atom. The van der Waals surface area contributed by atoms with Gasteiger partial charge in [0.25, 0.3) is 0 Å². The molecule has 1 aliphatic heterocycles. The fourth-order valence-electron chi connectivity index (χ4n) is 2.19. The molecule has 0 aliphatic carbocycles. The zero-order chi connectivity index (χ0) is 14.6. The first kappa shape index (κ1) is 16.0. The number of carbonyl (C=O) groups is 2. The van der Waals surface area contributed by atoms with E-state index in [2.05, 4.69) is 5.32 Å². The maximum Gasteiger partial charge on any atom is 0.245 e. The molecule has 0 aromatic heterocycles. The molecule has 110 valence electrons. The van der Waals surface area contributed by atoms with Crippen LogP contribution in [0.1, 0.15) is 47.5 Å². The highest BCUT2D eigenvalue weighted by atomic mass is 16.5. The Morgan fingerprint density at radius 2 is 1.95 bits per heavy atom. The lowest BCUT2D eigenvalue weighted by Gasteiger charge is -2.38. The van der Waals surface area contributed by atoms with Crippen molar-refractivity contribution >= 4 is 11.8 Å². The highest BCUT2D eigenvalue weighted by molar-refractivity contribution is 5.96. The average Bonchev–Trinajstić information content (AvgIpc) is 2.28. The Balaban J connectivity index is 2.67. The van der Waals surface area contributed by atoms with E-state index in [1.54, 1.807) is 11.8 Å². The van der Waals surface area contributed by atoms with Crippen LogP contribution in [0.25, 0.3) is 0 Å². The second-order valence-corrected chi connectivity index (χ2v) is 6.03. The molecule has 0 saturated carbocycles. The Kier molecular flexibility index (Phi) is 5.35. The van der Waals surface area contributed by atoms with E-state index >= 15 is 0 Å². The number of piperazine rings is 1. The van der Waals surface area contributed by atoms with E-state index in [0.29, 0.717) is 19.6 Å². The van der Waals surface area contributed by atoms with Crippen LogP contribution in [-0.4, -0.2) is 47.6 Å². The van der Waals surface area contributed by atoms with Crippen molar-refractivity contribution in [3.8, 4) is 0 Å². The number of carbonyl (C=O) groups excluding carboxylic acids is 2. The molecule has 1 saturated heterocycles. The van der Waals surface area contributed by atoms with Crippen LogP contribution in [-0.2, 0) is 14.3 Å². The number of amides is 2. The molecule has 0 aromatic rings. The van der Waals surface area contributed by atoms with Crippen molar-refractivity contribution in [2.75, 3.05) is 13.2 Å². The number of hydrogen-bond acceptors (Lipinski definition) is 3. The molecule has 19 heavy (non-hydrogen) atoms. The topological polar surface area (TPSA) is 58.6 Å². The molecule has 5 heteroatoms. The minimum atomic E-state index is -0.435. The van der Waals surface area contributed by atoms with Gasteiger partial charge in [0.15, 0.2) is 0 Å². The first-order valence-corrected chi connectivity index (χ1v) is 7.01. The van der Waals surface area contributed by atoms with Crippen molar-refractivity contribution in [2.24, 2.45) is 0 Å². The fraction of sp³-hybridized carbons (Fsp3) is 0.857. The first-order chi connectivity index (χ1) is 8.76. The van der Waals surface area contributed by atoms with Gasteiger partial charge in [-0.05, 0) is 34.1 Å². The van der Waals surface area contributed by atoms with Crippen molar-refractivity contribution in [1.29, 1.82) is 0 Å². The number of hydrogen-bond donors (Lipinski definition) is 1. The smallest absolute Gasteiger partial charge is 0.245 e. The summed E-state index contributed by atoms with van der Waals surface area (Å²) >= 11 is 0. The summed E-state index contributed by atoms with van der Waals surface area (Å²) in [5.41, 5.74) is -0.229. The van der Waals surface area contributed by atoms with Crippen LogP contribution < -0.4 is 5.32 Å². The van der Waals surface area contributed by atoms with Crippen molar-refractivity contribution in [1.82, 2.24) is 10.2 Å². The van der Waals surface area contributed by atoms with Crippen LogP contribution >= 0.6 is 0 Å². The van der Waals surface area contributed by atoms with Crippen LogP contribution in [0, 0.1) is 0 Å². The number of rotatable bonds is 5. The largest absolute Gasteiger partial charge is 0.374 e. The van der Waals surface area contributed by atoms with Crippen LogP contribution in [0.15, 0.2) is 0 Å². The normalized spacial score (nSPS) is 24.6. The molecule has 1 fully saturated rings. The molecule has 0 bridgehead atoms. The van der Waals surface area contributed by atoms with Crippen molar-refractivity contribution in [3.63, 3.8) is 0 Å². The molecule has 0 aromatic carbocycles. The van der Waals surface area contributed by atoms with E-state index in [0.717, 1.165) is 6.42 Å². The van der Waals surface area contributed by atoms with Gasteiger partial charge in [-0.15, -0.1) is 0 Å². The number of ether oxygens (including phenoxy) is 1. The summed E-state index contributed by atoms with van der Waals surface area (Å²) in [6.45, 7) is 10.6. The first-order valence-electron chi connectivity index (χ1n) is 7.01. The molecule has 2 amide bonds. The van der Waals surface area contributed by atoms with Crippen molar-refractivity contribution in [3.05, 3.63) is 0 Å². The third-order valence-corrected chi connectivity index (χ3v) is 3.12. The molecule has 0 spiro atoms. The summed E-state index contributed by atoms with van der Waals surface area (Å²) in [7, 11) is 0. The lowest BCUT2D eigenvalue weighted by atomic mass is 10.0. The molecular formula is C14H26N2O3. The zero-order valence-corrected chi connectivity index (χ0v) is 12.7. The summed E-state index contributed by atoms with van der Waals surface area (Å²) in [6, 6.07) is -0.785. The molecule has 1 N–H and O–H groups in total. The van der Waals surface area contributed by atoms with Crippen LogP contribution in [0.5, 0.6) is 0 Å². The molecule has 2 unspecified atom stereocenters. The molecule has 1 heterocycles. The highest BCUT2D eigenvalue weighted by Crippen LogP contribution is 2.15. The van der Waals surface area contributed by atoms with Gasteiger partial charge in [0.1, 0.15) is 12.1 Å². The lowest BCUT2D eigenvalue weighted by molar-refractivity contribution is -0.150. The quantitative estimate of drug-likeness (QED) is 0.819. The minimum absolute atomic E-state index is 0.0180. The summed E-state index contributed by atoms with van der Waals surface area (Å²) in [6.07, 6.45) is 1.57. The van der Waals surface area contributed by atoms with Gasteiger partial charge in [-0.25, -0.2) is 0 Å². The van der Waals surface area contributed by atoms with E-state index in [9.17, 15) is 9.59 Å². The Bertz CT molecular complexity index is 336. The second kappa shape index (κ2) is 6.37.